The zero-order valence-electron chi connectivity index (χ0n) is 15.5. The Labute approximate surface area is 176 Å². The summed E-state index contributed by atoms with van der Waals surface area (Å²) in [4.78, 5) is 12.4. The van der Waals surface area contributed by atoms with E-state index in [1.807, 2.05) is 13.8 Å². The van der Waals surface area contributed by atoms with Gasteiger partial charge in [0.2, 0.25) is 0 Å². The van der Waals surface area contributed by atoms with E-state index in [-0.39, 0.29) is 24.0 Å². The normalized spacial score (nSPS) is 13.7. The SMILES string of the molecule is CN=C(NCc1ccc(N2CC=CC2)cc1)NCc1sc(C)nc1C.I. The van der Waals surface area contributed by atoms with Gasteiger partial charge in [0.05, 0.1) is 17.2 Å². The molecule has 0 bridgehead atoms. The number of aryl methyl sites for hydroxylation is 2. The van der Waals surface area contributed by atoms with Crippen LogP contribution in [0.2, 0.25) is 0 Å². The van der Waals surface area contributed by atoms with Crippen LogP contribution < -0.4 is 15.5 Å². The highest BCUT2D eigenvalue weighted by atomic mass is 127. The second kappa shape index (κ2) is 9.91. The molecule has 0 saturated carbocycles. The van der Waals surface area contributed by atoms with Crippen molar-refractivity contribution in [3.8, 4) is 0 Å². The predicted octanol–water partition coefficient (Wildman–Crippen LogP) is 3.62. The van der Waals surface area contributed by atoms with Crippen LogP contribution in [0.5, 0.6) is 0 Å². The van der Waals surface area contributed by atoms with Gasteiger partial charge in [0, 0.05) is 37.2 Å². The second-order valence-electron chi connectivity index (χ2n) is 6.06. The van der Waals surface area contributed by atoms with E-state index in [1.54, 1.807) is 18.4 Å². The van der Waals surface area contributed by atoms with Gasteiger partial charge in [-0.1, -0.05) is 24.3 Å². The molecule has 1 aromatic carbocycles. The van der Waals surface area contributed by atoms with Crippen LogP contribution in [0.15, 0.2) is 41.4 Å². The molecule has 0 radical (unpaired) electrons. The van der Waals surface area contributed by atoms with Gasteiger partial charge in [0.15, 0.2) is 5.96 Å². The molecule has 2 heterocycles. The van der Waals surface area contributed by atoms with Crippen molar-refractivity contribution < 1.29 is 0 Å². The molecule has 2 N–H and O–H groups in total. The van der Waals surface area contributed by atoms with E-state index in [2.05, 4.69) is 61.9 Å². The van der Waals surface area contributed by atoms with Gasteiger partial charge in [0.25, 0.3) is 0 Å². The second-order valence-corrected chi connectivity index (χ2v) is 7.35. The standard InChI is InChI=1S/C19H25N5S.HI/c1-14-18(25-15(2)23-14)13-22-19(20-3)21-12-16-6-8-17(9-7-16)24-10-4-5-11-24;/h4-9H,10-13H2,1-3H3,(H2,20,21,22);1H. The fourth-order valence-corrected chi connectivity index (χ4v) is 3.70. The molecule has 1 aliphatic heterocycles. The minimum absolute atomic E-state index is 0. The molecule has 1 aliphatic rings. The molecular formula is C19H26IN5S. The number of aliphatic imine (C=N–C) groups is 1. The molecule has 0 atom stereocenters. The molecule has 1 aromatic heterocycles. The quantitative estimate of drug-likeness (QED) is 0.295. The van der Waals surface area contributed by atoms with Gasteiger partial charge in [-0.3, -0.25) is 4.99 Å². The number of thiazole rings is 1. The van der Waals surface area contributed by atoms with E-state index in [0.717, 1.165) is 42.8 Å². The number of nitrogens with zero attached hydrogens (tertiary/aromatic N) is 3. The summed E-state index contributed by atoms with van der Waals surface area (Å²) in [6.07, 6.45) is 4.41. The average molecular weight is 483 g/mol. The lowest BCUT2D eigenvalue weighted by Gasteiger charge is -2.18. The van der Waals surface area contributed by atoms with E-state index in [9.17, 15) is 0 Å². The van der Waals surface area contributed by atoms with Crippen LogP contribution in [0.3, 0.4) is 0 Å². The van der Waals surface area contributed by atoms with Gasteiger partial charge in [-0.05, 0) is 31.5 Å². The summed E-state index contributed by atoms with van der Waals surface area (Å²) >= 11 is 1.73. The van der Waals surface area contributed by atoms with E-state index in [1.165, 1.54) is 16.1 Å². The summed E-state index contributed by atoms with van der Waals surface area (Å²) in [6, 6.07) is 8.71. The van der Waals surface area contributed by atoms with Crippen LogP contribution in [-0.2, 0) is 13.1 Å². The van der Waals surface area contributed by atoms with Crippen LogP contribution in [-0.4, -0.2) is 31.1 Å². The van der Waals surface area contributed by atoms with Crippen molar-refractivity contribution in [2.45, 2.75) is 26.9 Å². The molecule has 0 amide bonds. The minimum atomic E-state index is 0. The fraction of sp³-hybridized carbons (Fsp3) is 0.368. The van der Waals surface area contributed by atoms with Gasteiger partial charge >= 0.3 is 0 Å². The number of rotatable bonds is 5. The van der Waals surface area contributed by atoms with Crippen LogP contribution >= 0.6 is 35.3 Å². The van der Waals surface area contributed by atoms with E-state index in [0.29, 0.717) is 0 Å². The van der Waals surface area contributed by atoms with Gasteiger partial charge in [0.1, 0.15) is 0 Å². The third-order valence-corrected chi connectivity index (χ3v) is 5.29. The van der Waals surface area contributed by atoms with Crippen molar-refractivity contribution in [3.63, 3.8) is 0 Å². The van der Waals surface area contributed by atoms with Crippen molar-refractivity contribution in [3.05, 3.63) is 57.6 Å². The smallest absolute Gasteiger partial charge is 0.191 e. The lowest BCUT2D eigenvalue weighted by Crippen LogP contribution is -2.36. The summed E-state index contributed by atoms with van der Waals surface area (Å²) < 4.78 is 0. The Balaban J connectivity index is 0.00000243. The van der Waals surface area contributed by atoms with Crippen molar-refractivity contribution >= 4 is 47.0 Å². The molecule has 26 heavy (non-hydrogen) atoms. The summed E-state index contributed by atoms with van der Waals surface area (Å²) in [5.74, 6) is 0.804. The lowest BCUT2D eigenvalue weighted by atomic mass is 10.2. The number of hydrogen-bond donors (Lipinski definition) is 2. The fourth-order valence-electron chi connectivity index (χ4n) is 2.82. The van der Waals surface area contributed by atoms with Gasteiger partial charge in [-0.25, -0.2) is 4.98 Å². The first-order valence-corrected chi connectivity index (χ1v) is 9.33. The van der Waals surface area contributed by atoms with E-state index >= 15 is 0 Å². The number of benzene rings is 1. The minimum Gasteiger partial charge on any atom is -0.364 e. The number of aromatic nitrogens is 1. The predicted molar refractivity (Wildman–Crippen MR) is 122 cm³/mol. The molecule has 7 heteroatoms. The summed E-state index contributed by atoms with van der Waals surface area (Å²) in [6.45, 7) is 7.59. The highest BCUT2D eigenvalue weighted by molar-refractivity contribution is 14.0. The molecule has 0 spiro atoms. The van der Waals surface area contributed by atoms with Crippen LogP contribution in [0.1, 0.15) is 21.1 Å². The van der Waals surface area contributed by atoms with Crippen LogP contribution in [0.4, 0.5) is 5.69 Å². The number of hydrogen-bond acceptors (Lipinski definition) is 4. The maximum absolute atomic E-state index is 4.46. The van der Waals surface area contributed by atoms with Crippen LogP contribution in [0, 0.1) is 13.8 Å². The first-order valence-electron chi connectivity index (χ1n) is 8.52. The van der Waals surface area contributed by atoms with E-state index in [4.69, 9.17) is 0 Å². The third-order valence-electron chi connectivity index (χ3n) is 4.22. The van der Waals surface area contributed by atoms with Gasteiger partial charge < -0.3 is 15.5 Å². The zero-order valence-corrected chi connectivity index (χ0v) is 18.6. The Morgan fingerprint density at radius 1 is 1.12 bits per heavy atom. The Kier molecular flexibility index (Phi) is 7.89. The summed E-state index contributed by atoms with van der Waals surface area (Å²) in [5.41, 5.74) is 3.61. The van der Waals surface area contributed by atoms with Crippen molar-refractivity contribution in [1.29, 1.82) is 0 Å². The average Bonchev–Trinajstić information content (AvgIpc) is 3.25. The lowest BCUT2D eigenvalue weighted by molar-refractivity contribution is 0.811. The monoisotopic (exact) mass is 483 g/mol. The summed E-state index contributed by atoms with van der Waals surface area (Å²) in [5, 5.41) is 7.83. The Morgan fingerprint density at radius 3 is 2.35 bits per heavy atom. The molecule has 2 aromatic rings. The summed E-state index contributed by atoms with van der Waals surface area (Å²) in [7, 11) is 1.80. The van der Waals surface area contributed by atoms with Crippen molar-refractivity contribution in [1.82, 2.24) is 15.6 Å². The molecule has 140 valence electrons. The molecule has 0 aliphatic carbocycles. The highest BCUT2D eigenvalue weighted by Crippen LogP contribution is 2.18. The molecule has 5 nitrogen and oxygen atoms in total. The van der Waals surface area contributed by atoms with E-state index < -0.39 is 0 Å². The zero-order chi connectivity index (χ0) is 17.6. The largest absolute Gasteiger partial charge is 0.364 e. The van der Waals surface area contributed by atoms with Crippen molar-refractivity contribution in [2.24, 2.45) is 4.99 Å². The Bertz CT molecular complexity index is 759. The molecular weight excluding hydrogens is 457 g/mol. The number of anilines is 1. The first-order chi connectivity index (χ1) is 12.2. The number of guanidine groups is 1. The number of nitrogens with one attached hydrogen (secondary N) is 2. The highest BCUT2D eigenvalue weighted by Gasteiger charge is 2.08. The third kappa shape index (κ3) is 5.44. The molecule has 3 rings (SSSR count). The molecule has 0 saturated heterocycles. The van der Waals surface area contributed by atoms with Crippen molar-refractivity contribution in [2.75, 3.05) is 25.0 Å². The maximum Gasteiger partial charge on any atom is 0.191 e. The Morgan fingerprint density at radius 2 is 1.77 bits per heavy atom. The topological polar surface area (TPSA) is 52.6 Å². The molecule has 0 fully saturated rings. The number of halogens is 1. The first kappa shape index (κ1) is 20.7. The van der Waals surface area contributed by atoms with Gasteiger partial charge in [-0.15, -0.1) is 35.3 Å². The van der Waals surface area contributed by atoms with Gasteiger partial charge in [-0.2, -0.15) is 0 Å². The molecule has 0 unspecified atom stereocenters. The maximum atomic E-state index is 4.46. The Hall–Kier alpha value is -1.61. The van der Waals surface area contributed by atoms with Crippen LogP contribution in [0.25, 0.3) is 0 Å².